The summed E-state index contributed by atoms with van der Waals surface area (Å²) in [5.41, 5.74) is 0.0400. The van der Waals surface area contributed by atoms with Gasteiger partial charge in [-0.3, -0.25) is 0 Å². The molecule has 0 aliphatic carbocycles. The Morgan fingerprint density at radius 2 is 2.06 bits per heavy atom. The van der Waals surface area contributed by atoms with Crippen LogP contribution in [0.2, 0.25) is 0 Å². The molecule has 0 amide bonds. The average Bonchev–Trinajstić information content (AvgIpc) is 2.65. The van der Waals surface area contributed by atoms with E-state index in [1.807, 2.05) is 11.8 Å². The van der Waals surface area contributed by atoms with Gasteiger partial charge in [0, 0.05) is 35.8 Å². The lowest BCUT2D eigenvalue weighted by Crippen LogP contribution is -2.30. The molecule has 0 aromatic carbocycles. The van der Waals surface area contributed by atoms with E-state index in [1.54, 1.807) is 0 Å². The molecule has 0 bridgehead atoms. The third-order valence-electron chi connectivity index (χ3n) is 2.46. The van der Waals surface area contributed by atoms with Crippen LogP contribution in [0.3, 0.4) is 0 Å². The predicted octanol–water partition coefficient (Wildman–Crippen LogP) is 3.02. The van der Waals surface area contributed by atoms with Crippen LogP contribution in [0.15, 0.2) is 0 Å². The summed E-state index contributed by atoms with van der Waals surface area (Å²) in [4.78, 5) is 6.82. The van der Waals surface area contributed by atoms with E-state index in [9.17, 15) is 0 Å². The second kappa shape index (κ2) is 5.36. The molecule has 1 atom stereocenters. The van der Waals surface area contributed by atoms with Gasteiger partial charge in [0.1, 0.15) is 5.82 Å². The van der Waals surface area contributed by atoms with Crippen LogP contribution in [0.4, 0.5) is 5.13 Å². The molecular weight excluding hydrogens is 238 g/mol. The van der Waals surface area contributed by atoms with Crippen LogP contribution in [-0.4, -0.2) is 34.5 Å². The number of aromatic nitrogens is 2. The Balaban J connectivity index is 2.78. The normalized spacial score (nSPS) is 13.9. The van der Waals surface area contributed by atoms with Gasteiger partial charge < -0.3 is 4.90 Å². The predicted molar refractivity (Wildman–Crippen MR) is 74.9 cm³/mol. The van der Waals surface area contributed by atoms with Gasteiger partial charge in [-0.1, -0.05) is 20.8 Å². The maximum absolute atomic E-state index is 4.61. The quantitative estimate of drug-likeness (QED) is 0.831. The first-order chi connectivity index (χ1) is 7.36. The third-order valence-corrected chi connectivity index (χ3v) is 4.08. The van der Waals surface area contributed by atoms with Gasteiger partial charge in [0.15, 0.2) is 0 Å². The molecule has 0 radical (unpaired) electrons. The largest absolute Gasteiger partial charge is 0.346 e. The van der Waals surface area contributed by atoms with Crippen molar-refractivity contribution in [1.82, 2.24) is 9.36 Å². The number of nitrogens with zero attached hydrogens (tertiary/aromatic N) is 3. The first-order valence-corrected chi connectivity index (χ1v) is 7.59. The molecule has 1 rings (SSSR count). The summed E-state index contributed by atoms with van der Waals surface area (Å²) in [6.07, 6.45) is 2.13. The Morgan fingerprint density at radius 3 is 2.50 bits per heavy atom. The maximum atomic E-state index is 4.61. The van der Waals surface area contributed by atoms with Crippen molar-refractivity contribution in [3.05, 3.63) is 5.82 Å². The van der Waals surface area contributed by atoms with E-state index in [2.05, 4.69) is 55.3 Å². The zero-order valence-electron chi connectivity index (χ0n) is 10.9. The summed E-state index contributed by atoms with van der Waals surface area (Å²) >= 11 is 3.35. The van der Waals surface area contributed by atoms with Gasteiger partial charge in [-0.25, -0.2) is 4.98 Å². The van der Waals surface area contributed by atoms with Crippen LogP contribution in [-0.2, 0) is 5.41 Å². The highest BCUT2D eigenvalue weighted by Crippen LogP contribution is 2.25. The topological polar surface area (TPSA) is 29.0 Å². The minimum absolute atomic E-state index is 0.0400. The lowest BCUT2D eigenvalue weighted by Gasteiger charge is -2.23. The van der Waals surface area contributed by atoms with Crippen molar-refractivity contribution < 1.29 is 0 Å². The monoisotopic (exact) mass is 259 g/mol. The van der Waals surface area contributed by atoms with E-state index in [4.69, 9.17) is 0 Å². The van der Waals surface area contributed by atoms with Crippen molar-refractivity contribution in [2.24, 2.45) is 0 Å². The molecule has 1 unspecified atom stereocenters. The summed E-state index contributed by atoms with van der Waals surface area (Å²) < 4.78 is 4.43. The minimum Gasteiger partial charge on any atom is -0.346 e. The van der Waals surface area contributed by atoms with Gasteiger partial charge in [0.2, 0.25) is 5.13 Å². The van der Waals surface area contributed by atoms with Crippen molar-refractivity contribution in [1.29, 1.82) is 0 Å². The minimum atomic E-state index is 0.0400. The molecule has 1 aromatic heterocycles. The summed E-state index contributed by atoms with van der Waals surface area (Å²) in [6, 6.07) is 0.496. The Bertz CT molecular complexity index is 330. The van der Waals surface area contributed by atoms with E-state index in [1.165, 1.54) is 11.5 Å². The van der Waals surface area contributed by atoms with Gasteiger partial charge >= 0.3 is 0 Å². The molecule has 92 valence electrons. The molecule has 0 saturated heterocycles. The zero-order chi connectivity index (χ0) is 12.3. The summed E-state index contributed by atoms with van der Waals surface area (Å²) in [6.45, 7) is 8.65. The smallest absolute Gasteiger partial charge is 0.205 e. The first kappa shape index (κ1) is 13.8. The Kier molecular flexibility index (Phi) is 4.62. The fourth-order valence-corrected chi connectivity index (χ4v) is 2.83. The Labute approximate surface area is 107 Å². The van der Waals surface area contributed by atoms with E-state index < -0.39 is 0 Å². The van der Waals surface area contributed by atoms with Crippen LogP contribution in [0, 0.1) is 0 Å². The van der Waals surface area contributed by atoms with Crippen molar-refractivity contribution in [3.8, 4) is 0 Å². The lowest BCUT2D eigenvalue weighted by molar-refractivity contribution is 0.554. The highest BCUT2D eigenvalue weighted by atomic mass is 32.2. The van der Waals surface area contributed by atoms with E-state index >= 15 is 0 Å². The Morgan fingerprint density at radius 1 is 1.44 bits per heavy atom. The van der Waals surface area contributed by atoms with Gasteiger partial charge in [-0.15, -0.1) is 0 Å². The zero-order valence-corrected chi connectivity index (χ0v) is 12.6. The second-order valence-corrected chi connectivity index (χ2v) is 6.71. The summed E-state index contributed by atoms with van der Waals surface area (Å²) in [7, 11) is 2.09. The van der Waals surface area contributed by atoms with Crippen LogP contribution in [0.1, 0.15) is 33.5 Å². The molecule has 0 spiro atoms. The fraction of sp³-hybridized carbons (Fsp3) is 0.818. The van der Waals surface area contributed by atoms with Gasteiger partial charge in [-0.2, -0.15) is 16.1 Å². The summed E-state index contributed by atoms with van der Waals surface area (Å²) in [5.74, 6) is 2.05. The van der Waals surface area contributed by atoms with E-state index in [0.29, 0.717) is 6.04 Å². The number of hydrogen-bond acceptors (Lipinski definition) is 5. The SMILES string of the molecule is CSCC(C)N(C)c1nc(C(C)(C)C)ns1. The molecule has 5 heteroatoms. The second-order valence-electron chi connectivity index (χ2n) is 5.07. The number of thioether (sulfide) groups is 1. The molecule has 0 aliphatic rings. The molecule has 3 nitrogen and oxygen atoms in total. The summed E-state index contributed by atoms with van der Waals surface area (Å²) in [5, 5.41) is 1.02. The molecule has 16 heavy (non-hydrogen) atoms. The number of anilines is 1. The number of hydrogen-bond donors (Lipinski definition) is 0. The Hall–Kier alpha value is -0.290. The molecule has 0 aliphatic heterocycles. The molecular formula is C11H21N3S2. The van der Waals surface area contributed by atoms with Crippen molar-refractivity contribution >= 4 is 28.4 Å². The molecule has 1 aromatic rings. The molecule has 0 saturated carbocycles. The van der Waals surface area contributed by atoms with Crippen LogP contribution >= 0.6 is 23.3 Å². The van der Waals surface area contributed by atoms with Crippen LogP contribution in [0.5, 0.6) is 0 Å². The average molecular weight is 259 g/mol. The molecule has 0 fully saturated rings. The third kappa shape index (κ3) is 3.35. The standard InChI is InChI=1S/C11H21N3S2/c1-8(7-15-6)14(5)10-12-9(13-16-10)11(2,3)4/h8H,7H2,1-6H3. The van der Waals surface area contributed by atoms with Crippen molar-refractivity contribution in [3.63, 3.8) is 0 Å². The van der Waals surface area contributed by atoms with E-state index in [-0.39, 0.29) is 5.41 Å². The van der Waals surface area contributed by atoms with Crippen molar-refractivity contribution in [2.45, 2.75) is 39.2 Å². The van der Waals surface area contributed by atoms with E-state index in [0.717, 1.165) is 16.7 Å². The van der Waals surface area contributed by atoms with Gasteiger partial charge in [0.25, 0.3) is 0 Å². The van der Waals surface area contributed by atoms with Gasteiger partial charge in [0.05, 0.1) is 0 Å². The lowest BCUT2D eigenvalue weighted by atomic mass is 9.96. The van der Waals surface area contributed by atoms with Gasteiger partial charge in [-0.05, 0) is 13.2 Å². The molecule has 0 N–H and O–H groups in total. The highest BCUT2D eigenvalue weighted by Gasteiger charge is 2.21. The highest BCUT2D eigenvalue weighted by molar-refractivity contribution is 7.98. The fourth-order valence-electron chi connectivity index (χ4n) is 1.20. The van der Waals surface area contributed by atoms with Crippen LogP contribution < -0.4 is 4.90 Å². The van der Waals surface area contributed by atoms with Crippen molar-refractivity contribution in [2.75, 3.05) is 24.0 Å². The van der Waals surface area contributed by atoms with Crippen LogP contribution in [0.25, 0.3) is 0 Å². The molecule has 1 heterocycles. The number of rotatable bonds is 4. The maximum Gasteiger partial charge on any atom is 0.205 e. The first-order valence-electron chi connectivity index (χ1n) is 5.42.